The Morgan fingerprint density at radius 2 is 2.08 bits per heavy atom. The van der Waals surface area contributed by atoms with E-state index in [1.807, 2.05) is 13.8 Å². The molecule has 2 atom stereocenters. The zero-order valence-electron chi connectivity index (χ0n) is 6.98. The van der Waals surface area contributed by atoms with Gasteiger partial charge in [-0.2, -0.15) is 4.21 Å². The number of hydrogen-bond acceptors (Lipinski definition) is 5. The first-order valence-electron chi connectivity index (χ1n) is 3.74. The summed E-state index contributed by atoms with van der Waals surface area (Å²) >= 11 is -1.90. The molecular weight excluding hydrogens is 182 g/mol. The van der Waals surface area contributed by atoms with Gasteiger partial charge in [0.1, 0.15) is 0 Å². The molecule has 0 N–H and O–H groups in total. The summed E-state index contributed by atoms with van der Waals surface area (Å²) in [5, 5.41) is 0. The molecule has 0 saturated carbocycles. The van der Waals surface area contributed by atoms with Gasteiger partial charge in [-0.25, -0.2) is 8.98 Å². The zero-order valence-corrected chi connectivity index (χ0v) is 7.80. The average Bonchev–Trinajstić information content (AvgIpc) is 2.34. The van der Waals surface area contributed by atoms with E-state index in [1.54, 1.807) is 4.90 Å². The van der Waals surface area contributed by atoms with E-state index in [-0.39, 0.29) is 0 Å². The van der Waals surface area contributed by atoms with Crippen LogP contribution >= 0.6 is 0 Å². The maximum Gasteiger partial charge on any atom is 0.367 e. The highest BCUT2D eigenvalue weighted by atomic mass is 32.2. The van der Waals surface area contributed by atoms with Crippen LogP contribution in [0.3, 0.4) is 0 Å². The SMILES string of the molecule is CCN(CC)C1OS(=O)OC1=O. The van der Waals surface area contributed by atoms with E-state index in [9.17, 15) is 9.00 Å². The molecule has 70 valence electrons. The number of nitrogens with zero attached hydrogens (tertiary/aromatic N) is 1. The maximum absolute atomic E-state index is 11.0. The first-order valence-corrected chi connectivity index (χ1v) is 4.74. The van der Waals surface area contributed by atoms with Crippen molar-refractivity contribution in [1.82, 2.24) is 4.90 Å². The lowest BCUT2D eigenvalue weighted by Crippen LogP contribution is -2.39. The van der Waals surface area contributed by atoms with Gasteiger partial charge < -0.3 is 4.18 Å². The summed E-state index contributed by atoms with van der Waals surface area (Å²) in [7, 11) is 0. The fourth-order valence-electron chi connectivity index (χ4n) is 1.01. The van der Waals surface area contributed by atoms with Crippen LogP contribution in [0.15, 0.2) is 0 Å². The lowest BCUT2D eigenvalue weighted by molar-refractivity contribution is -0.142. The first kappa shape index (κ1) is 9.63. The minimum absolute atomic E-state index is 0.572. The Hall–Kier alpha value is -0.460. The van der Waals surface area contributed by atoms with Crippen LogP contribution in [0.2, 0.25) is 0 Å². The fourth-order valence-corrected chi connectivity index (χ4v) is 1.61. The van der Waals surface area contributed by atoms with E-state index in [0.29, 0.717) is 13.1 Å². The van der Waals surface area contributed by atoms with Crippen molar-refractivity contribution in [2.24, 2.45) is 0 Å². The average molecular weight is 193 g/mol. The second kappa shape index (κ2) is 3.97. The van der Waals surface area contributed by atoms with Crippen molar-refractivity contribution >= 4 is 17.3 Å². The largest absolute Gasteiger partial charge is 0.367 e. The normalized spacial score (nSPS) is 29.4. The van der Waals surface area contributed by atoms with Crippen molar-refractivity contribution in [3.63, 3.8) is 0 Å². The van der Waals surface area contributed by atoms with E-state index in [1.165, 1.54) is 0 Å². The van der Waals surface area contributed by atoms with E-state index in [0.717, 1.165) is 0 Å². The molecule has 0 bridgehead atoms. The Kier molecular flexibility index (Phi) is 3.19. The molecule has 1 aliphatic rings. The Balaban J connectivity index is 2.62. The molecule has 1 aliphatic heterocycles. The highest BCUT2D eigenvalue weighted by Crippen LogP contribution is 2.14. The van der Waals surface area contributed by atoms with Crippen LogP contribution in [-0.4, -0.2) is 34.4 Å². The molecule has 0 aliphatic carbocycles. The number of carbonyl (C=O) groups is 1. The molecule has 1 saturated heterocycles. The fraction of sp³-hybridized carbons (Fsp3) is 0.833. The Morgan fingerprint density at radius 3 is 2.42 bits per heavy atom. The number of rotatable bonds is 3. The van der Waals surface area contributed by atoms with E-state index in [4.69, 9.17) is 4.18 Å². The van der Waals surface area contributed by atoms with Gasteiger partial charge in [-0.05, 0) is 13.1 Å². The molecule has 0 aromatic rings. The summed E-state index contributed by atoms with van der Waals surface area (Å²) in [6, 6.07) is 0. The third-order valence-corrected chi connectivity index (χ3v) is 2.31. The molecule has 2 unspecified atom stereocenters. The van der Waals surface area contributed by atoms with Crippen LogP contribution < -0.4 is 0 Å². The molecular formula is C6H11NO4S. The summed E-state index contributed by atoms with van der Waals surface area (Å²) in [4.78, 5) is 12.7. The molecule has 12 heavy (non-hydrogen) atoms. The Labute approximate surface area is 73.5 Å². The van der Waals surface area contributed by atoms with E-state index < -0.39 is 23.6 Å². The van der Waals surface area contributed by atoms with Crippen LogP contribution in [0, 0.1) is 0 Å². The minimum atomic E-state index is -1.90. The van der Waals surface area contributed by atoms with Crippen LogP contribution in [0.1, 0.15) is 13.8 Å². The van der Waals surface area contributed by atoms with Gasteiger partial charge in [0.25, 0.3) is 0 Å². The second-order valence-electron chi connectivity index (χ2n) is 2.28. The Morgan fingerprint density at radius 1 is 1.50 bits per heavy atom. The topological polar surface area (TPSA) is 55.8 Å². The lowest BCUT2D eigenvalue weighted by atomic mass is 10.4. The molecule has 1 rings (SSSR count). The van der Waals surface area contributed by atoms with Crippen LogP contribution in [0.4, 0.5) is 0 Å². The summed E-state index contributed by atoms with van der Waals surface area (Å²) in [5.74, 6) is -0.572. The first-order chi connectivity index (χ1) is 5.69. The lowest BCUT2D eigenvalue weighted by Gasteiger charge is -2.19. The van der Waals surface area contributed by atoms with Crippen LogP contribution in [0.5, 0.6) is 0 Å². The van der Waals surface area contributed by atoms with Crippen LogP contribution in [0.25, 0.3) is 0 Å². The molecule has 1 fully saturated rings. The molecule has 0 amide bonds. The van der Waals surface area contributed by atoms with E-state index >= 15 is 0 Å². The standard InChI is InChI=1S/C6H11NO4S/c1-3-7(4-2)5-6(8)11-12(9)10-5/h5H,3-4H2,1-2H3. The van der Waals surface area contributed by atoms with E-state index in [2.05, 4.69) is 4.18 Å². The van der Waals surface area contributed by atoms with Gasteiger partial charge in [-0.1, -0.05) is 13.8 Å². The van der Waals surface area contributed by atoms with Crippen molar-refractivity contribution in [2.75, 3.05) is 13.1 Å². The summed E-state index contributed by atoms with van der Waals surface area (Å²) in [6.45, 7) is 5.10. The van der Waals surface area contributed by atoms with Gasteiger partial charge in [-0.15, -0.1) is 0 Å². The third-order valence-electron chi connectivity index (χ3n) is 1.67. The number of hydrogen-bond donors (Lipinski definition) is 0. The summed E-state index contributed by atoms with van der Waals surface area (Å²) in [6.07, 6.45) is -0.791. The quantitative estimate of drug-likeness (QED) is 0.621. The molecule has 1 heterocycles. The smallest absolute Gasteiger partial charge is 0.339 e. The molecule has 0 aromatic carbocycles. The highest BCUT2D eigenvalue weighted by Gasteiger charge is 2.37. The van der Waals surface area contributed by atoms with Gasteiger partial charge in [-0.3, -0.25) is 4.90 Å². The molecule has 0 radical (unpaired) electrons. The maximum atomic E-state index is 11.0. The molecule has 0 spiro atoms. The predicted molar refractivity (Wildman–Crippen MR) is 42.0 cm³/mol. The van der Waals surface area contributed by atoms with Crippen molar-refractivity contribution in [1.29, 1.82) is 0 Å². The number of likely N-dealkylation sites (N-methyl/N-ethyl adjacent to an activating group) is 1. The third kappa shape index (κ3) is 1.82. The zero-order chi connectivity index (χ0) is 9.14. The summed E-state index contributed by atoms with van der Waals surface area (Å²) < 4.78 is 19.7. The summed E-state index contributed by atoms with van der Waals surface area (Å²) in [5.41, 5.74) is 0. The minimum Gasteiger partial charge on any atom is -0.339 e. The van der Waals surface area contributed by atoms with Crippen molar-refractivity contribution in [3.05, 3.63) is 0 Å². The van der Waals surface area contributed by atoms with Crippen molar-refractivity contribution in [3.8, 4) is 0 Å². The van der Waals surface area contributed by atoms with Gasteiger partial charge >= 0.3 is 17.3 Å². The number of carbonyl (C=O) groups excluding carboxylic acids is 1. The van der Waals surface area contributed by atoms with Crippen molar-refractivity contribution < 1.29 is 17.4 Å². The van der Waals surface area contributed by atoms with Gasteiger partial charge in [0.15, 0.2) is 0 Å². The molecule has 5 nitrogen and oxygen atoms in total. The van der Waals surface area contributed by atoms with Gasteiger partial charge in [0.05, 0.1) is 0 Å². The molecule has 0 aromatic heterocycles. The Bertz CT molecular complexity index is 204. The van der Waals surface area contributed by atoms with Crippen LogP contribution in [-0.2, 0) is 24.5 Å². The highest BCUT2D eigenvalue weighted by molar-refractivity contribution is 7.76. The molecule has 6 heteroatoms. The van der Waals surface area contributed by atoms with Crippen molar-refractivity contribution in [2.45, 2.75) is 20.1 Å². The second-order valence-corrected chi connectivity index (χ2v) is 3.04. The van der Waals surface area contributed by atoms with Gasteiger partial charge in [0.2, 0.25) is 6.23 Å². The predicted octanol–water partition coefficient (Wildman–Crippen LogP) is -0.194. The van der Waals surface area contributed by atoms with Gasteiger partial charge in [0, 0.05) is 0 Å². The monoisotopic (exact) mass is 193 g/mol.